The highest BCUT2D eigenvalue weighted by molar-refractivity contribution is 6.49. The van der Waals surface area contributed by atoms with E-state index >= 15 is 0 Å². The van der Waals surface area contributed by atoms with Gasteiger partial charge in [0.15, 0.2) is 11.6 Å². The van der Waals surface area contributed by atoms with Crippen molar-refractivity contribution in [2.75, 3.05) is 0 Å². The van der Waals surface area contributed by atoms with Crippen LogP contribution < -0.4 is 0 Å². The molecule has 0 bridgehead atoms. The van der Waals surface area contributed by atoms with Gasteiger partial charge in [0.1, 0.15) is 0 Å². The maximum atomic E-state index is 12.1. The normalized spacial score (nSPS) is 18.8. The molecule has 0 heterocycles. The molecule has 0 fully saturated rings. The lowest BCUT2D eigenvalue weighted by atomic mass is 10.0. The van der Waals surface area contributed by atoms with E-state index in [1.165, 1.54) is 0 Å². The average molecular weight is 292 g/mol. The van der Waals surface area contributed by atoms with Crippen LogP contribution in [0.5, 0.6) is 0 Å². The van der Waals surface area contributed by atoms with Crippen LogP contribution in [0.1, 0.15) is 39.6 Å². The average Bonchev–Trinajstić information content (AvgIpc) is 2.55. The maximum Gasteiger partial charge on any atom is 0.176 e. The number of ketones is 2. The number of hydrogen-bond donors (Lipinski definition) is 0. The van der Waals surface area contributed by atoms with Crippen molar-refractivity contribution in [1.29, 1.82) is 0 Å². The molecule has 2 rings (SSSR count). The summed E-state index contributed by atoms with van der Waals surface area (Å²) in [6.45, 7) is 3.45. The first-order chi connectivity index (χ1) is 7.91. The van der Waals surface area contributed by atoms with Gasteiger partial charge in [-0.1, -0.05) is 41.7 Å². The molecule has 0 aliphatic heterocycles. The second-order valence-corrected chi connectivity index (χ2v) is 5.14. The van der Waals surface area contributed by atoms with Crippen LogP contribution in [-0.4, -0.2) is 11.6 Å². The number of fused-ring (bicyclic) bond motifs is 1. The molecule has 2 nitrogen and oxygen atoms in total. The summed E-state index contributed by atoms with van der Waals surface area (Å²) in [5.41, 5.74) is 0.953. The fourth-order valence-corrected chi connectivity index (χ4v) is 2.93. The third-order valence-electron chi connectivity index (χ3n) is 3.07. The summed E-state index contributed by atoms with van der Waals surface area (Å²) in [5, 5.41) is 0.620. The Balaban J connectivity index is 2.84. The SMILES string of the molecule is CCC1C(=O)c2c(Cl)c(C)c(Cl)c(Cl)c2C1=O. The molecule has 1 atom stereocenters. The number of halogens is 3. The molecule has 0 saturated heterocycles. The number of Topliss-reactive ketones (excluding diaryl/α,β-unsaturated/α-hetero) is 2. The molecule has 0 aromatic heterocycles. The Morgan fingerprint density at radius 2 is 1.41 bits per heavy atom. The monoisotopic (exact) mass is 290 g/mol. The van der Waals surface area contributed by atoms with E-state index in [-0.39, 0.29) is 37.8 Å². The summed E-state index contributed by atoms with van der Waals surface area (Å²) in [5.74, 6) is -1.20. The predicted molar refractivity (Wildman–Crippen MR) is 68.7 cm³/mol. The first-order valence-corrected chi connectivity index (χ1v) is 6.30. The van der Waals surface area contributed by atoms with Crippen molar-refractivity contribution >= 4 is 46.4 Å². The minimum absolute atomic E-state index is 0.137. The van der Waals surface area contributed by atoms with Crippen LogP contribution in [0.25, 0.3) is 0 Å². The third-order valence-corrected chi connectivity index (χ3v) is 4.49. The quantitative estimate of drug-likeness (QED) is 0.569. The van der Waals surface area contributed by atoms with Crippen LogP contribution in [0.3, 0.4) is 0 Å². The lowest BCUT2D eigenvalue weighted by Gasteiger charge is -2.08. The van der Waals surface area contributed by atoms with E-state index in [9.17, 15) is 9.59 Å². The Morgan fingerprint density at radius 1 is 0.941 bits per heavy atom. The van der Waals surface area contributed by atoms with Gasteiger partial charge in [-0.05, 0) is 18.9 Å². The lowest BCUT2D eigenvalue weighted by Crippen LogP contribution is -2.13. The molecule has 0 N–H and O–H groups in total. The van der Waals surface area contributed by atoms with Crippen LogP contribution in [0.4, 0.5) is 0 Å². The van der Waals surface area contributed by atoms with Gasteiger partial charge in [-0.2, -0.15) is 0 Å². The molecule has 90 valence electrons. The first-order valence-electron chi connectivity index (χ1n) is 5.17. The van der Waals surface area contributed by atoms with Gasteiger partial charge < -0.3 is 0 Å². The van der Waals surface area contributed by atoms with Crippen molar-refractivity contribution in [1.82, 2.24) is 0 Å². The summed E-state index contributed by atoms with van der Waals surface area (Å²) in [6.07, 6.45) is 0.440. The van der Waals surface area contributed by atoms with Crippen molar-refractivity contribution in [3.63, 3.8) is 0 Å². The van der Waals surface area contributed by atoms with E-state index in [0.717, 1.165) is 0 Å². The van der Waals surface area contributed by atoms with E-state index in [1.54, 1.807) is 13.8 Å². The molecule has 0 saturated carbocycles. The summed E-state index contributed by atoms with van der Waals surface area (Å²) in [7, 11) is 0. The van der Waals surface area contributed by atoms with Gasteiger partial charge in [0.2, 0.25) is 0 Å². The van der Waals surface area contributed by atoms with Crippen molar-refractivity contribution in [2.45, 2.75) is 20.3 Å². The topological polar surface area (TPSA) is 34.1 Å². The second kappa shape index (κ2) is 4.27. The highest BCUT2D eigenvalue weighted by atomic mass is 35.5. The standard InChI is InChI=1S/C12H9Cl3O2/c1-3-5-11(16)6-7(12(5)17)10(15)9(14)4(2)8(6)13/h5H,3H2,1-2H3. The van der Waals surface area contributed by atoms with Gasteiger partial charge in [0.05, 0.1) is 26.5 Å². The van der Waals surface area contributed by atoms with Crippen LogP contribution in [0.15, 0.2) is 0 Å². The van der Waals surface area contributed by atoms with Crippen molar-refractivity contribution in [3.05, 3.63) is 31.8 Å². The van der Waals surface area contributed by atoms with Crippen LogP contribution in [0, 0.1) is 12.8 Å². The van der Waals surface area contributed by atoms with Gasteiger partial charge in [-0.15, -0.1) is 0 Å². The predicted octanol–water partition coefficient (Wildman–Crippen LogP) is 4.36. The maximum absolute atomic E-state index is 12.1. The summed E-state index contributed by atoms with van der Waals surface area (Å²) in [4.78, 5) is 24.1. The second-order valence-electron chi connectivity index (χ2n) is 4.01. The molecular formula is C12H9Cl3O2. The van der Waals surface area contributed by atoms with Gasteiger partial charge in [0, 0.05) is 5.56 Å². The van der Waals surface area contributed by atoms with Gasteiger partial charge in [-0.3, -0.25) is 9.59 Å². The van der Waals surface area contributed by atoms with E-state index in [4.69, 9.17) is 34.8 Å². The minimum atomic E-state index is -0.669. The Labute approximate surface area is 114 Å². The Hall–Kier alpha value is -0.570. The van der Waals surface area contributed by atoms with Crippen LogP contribution >= 0.6 is 34.8 Å². The zero-order chi connectivity index (χ0) is 12.9. The van der Waals surface area contributed by atoms with Gasteiger partial charge in [-0.25, -0.2) is 0 Å². The lowest BCUT2D eigenvalue weighted by molar-refractivity contribution is 0.0835. The van der Waals surface area contributed by atoms with Crippen molar-refractivity contribution in [2.24, 2.45) is 5.92 Å². The van der Waals surface area contributed by atoms with Crippen LogP contribution in [0.2, 0.25) is 15.1 Å². The number of hydrogen-bond acceptors (Lipinski definition) is 2. The zero-order valence-corrected chi connectivity index (χ0v) is 11.5. The summed E-state index contributed by atoms with van der Waals surface area (Å²) in [6, 6.07) is 0. The van der Waals surface area contributed by atoms with Crippen LogP contribution in [-0.2, 0) is 0 Å². The highest BCUT2D eigenvalue weighted by Crippen LogP contribution is 2.43. The fourth-order valence-electron chi connectivity index (χ4n) is 2.08. The van der Waals surface area contributed by atoms with Gasteiger partial charge >= 0.3 is 0 Å². The molecule has 17 heavy (non-hydrogen) atoms. The fraction of sp³-hybridized carbons (Fsp3) is 0.333. The van der Waals surface area contributed by atoms with E-state index in [1.807, 2.05) is 0 Å². The molecule has 5 heteroatoms. The van der Waals surface area contributed by atoms with Gasteiger partial charge in [0.25, 0.3) is 0 Å². The Morgan fingerprint density at radius 3 is 1.88 bits per heavy atom. The molecule has 0 radical (unpaired) electrons. The molecule has 1 aromatic carbocycles. The molecule has 1 aliphatic carbocycles. The van der Waals surface area contributed by atoms with E-state index in [2.05, 4.69) is 0 Å². The van der Waals surface area contributed by atoms with E-state index < -0.39 is 5.92 Å². The highest BCUT2D eigenvalue weighted by Gasteiger charge is 2.41. The molecular weight excluding hydrogens is 282 g/mol. The zero-order valence-electron chi connectivity index (χ0n) is 9.23. The molecule has 1 aliphatic rings. The first kappa shape index (κ1) is 12.9. The number of carbonyl (C=O) groups excluding carboxylic acids is 2. The largest absolute Gasteiger partial charge is 0.293 e. The molecule has 0 spiro atoms. The number of carbonyl (C=O) groups is 2. The third kappa shape index (κ3) is 1.62. The Bertz CT molecular complexity index is 502. The summed E-state index contributed by atoms with van der Waals surface area (Å²) >= 11 is 18.1. The smallest absolute Gasteiger partial charge is 0.176 e. The van der Waals surface area contributed by atoms with E-state index in [0.29, 0.717) is 12.0 Å². The molecule has 0 amide bonds. The number of benzene rings is 1. The molecule has 1 aromatic rings. The van der Waals surface area contributed by atoms with Crippen molar-refractivity contribution < 1.29 is 9.59 Å². The van der Waals surface area contributed by atoms with Crippen molar-refractivity contribution in [3.8, 4) is 0 Å². The molecule has 1 unspecified atom stereocenters. The minimum Gasteiger partial charge on any atom is -0.293 e. The summed E-state index contributed by atoms with van der Waals surface area (Å²) < 4.78 is 0. The Kier molecular flexibility index (Phi) is 3.23. The number of rotatable bonds is 1.